The molecule has 0 aliphatic rings. The van der Waals surface area contributed by atoms with Gasteiger partial charge in [0, 0.05) is 26.6 Å². The lowest BCUT2D eigenvalue weighted by atomic mass is 10.2. The molecule has 19 heavy (non-hydrogen) atoms. The number of anilines is 2. The number of nitrogen functional groups attached to an aromatic ring is 1. The first-order chi connectivity index (χ1) is 8.92. The zero-order chi connectivity index (χ0) is 14.6. The molecule has 0 saturated heterocycles. The Morgan fingerprint density at radius 2 is 1.95 bits per heavy atom. The number of ketones is 1. The Hall–Kier alpha value is -0.720. The van der Waals surface area contributed by atoms with E-state index in [0.717, 1.165) is 23.0 Å². The Morgan fingerprint density at radius 3 is 2.42 bits per heavy atom. The normalized spacial score (nSPS) is 11.1. The summed E-state index contributed by atoms with van der Waals surface area (Å²) in [4.78, 5) is 18.0. The summed E-state index contributed by atoms with van der Waals surface area (Å²) < 4.78 is 0. The third kappa shape index (κ3) is 3.87. The van der Waals surface area contributed by atoms with Gasteiger partial charge in [-0.25, -0.2) is 0 Å². The number of carbonyl (C=O) groups excluding carboxylic acids is 1. The monoisotopic (exact) mass is 301 g/mol. The Balaban J connectivity index is 3.03. The summed E-state index contributed by atoms with van der Waals surface area (Å²) in [7, 11) is 6.16. The number of hydrogen-bond acceptors (Lipinski definition) is 6. The SMILES string of the molecule is CCC(=O)c1sc(N(C)CCN(C)C)c(SC)c1N. The molecule has 0 aliphatic heterocycles. The average Bonchev–Trinajstić information content (AvgIpc) is 2.72. The van der Waals surface area contributed by atoms with Gasteiger partial charge in [0.15, 0.2) is 5.78 Å². The third-order valence-corrected chi connectivity index (χ3v) is 5.20. The van der Waals surface area contributed by atoms with Crippen molar-refractivity contribution in [2.24, 2.45) is 0 Å². The van der Waals surface area contributed by atoms with Crippen LogP contribution in [0.15, 0.2) is 4.90 Å². The molecule has 1 aromatic rings. The summed E-state index contributed by atoms with van der Waals surface area (Å²) >= 11 is 3.13. The fraction of sp³-hybridized carbons (Fsp3) is 0.615. The van der Waals surface area contributed by atoms with Crippen molar-refractivity contribution in [1.29, 1.82) is 0 Å². The highest BCUT2D eigenvalue weighted by Crippen LogP contribution is 2.43. The summed E-state index contributed by atoms with van der Waals surface area (Å²) in [5.74, 6) is 0.130. The average molecular weight is 301 g/mol. The van der Waals surface area contributed by atoms with Crippen LogP contribution in [0.2, 0.25) is 0 Å². The van der Waals surface area contributed by atoms with Crippen LogP contribution in [0.4, 0.5) is 10.7 Å². The number of rotatable bonds is 7. The Kier molecular flexibility index (Phi) is 6.16. The predicted molar refractivity (Wildman–Crippen MR) is 87.0 cm³/mol. The lowest BCUT2D eigenvalue weighted by molar-refractivity contribution is 0.0992. The van der Waals surface area contributed by atoms with Gasteiger partial charge in [-0.05, 0) is 20.4 Å². The number of hydrogen-bond donors (Lipinski definition) is 1. The van der Waals surface area contributed by atoms with Crippen molar-refractivity contribution in [1.82, 2.24) is 4.90 Å². The van der Waals surface area contributed by atoms with E-state index >= 15 is 0 Å². The third-order valence-electron chi connectivity index (χ3n) is 2.89. The lowest BCUT2D eigenvalue weighted by Gasteiger charge is -2.21. The van der Waals surface area contributed by atoms with Crippen LogP contribution in [0.5, 0.6) is 0 Å². The Labute approximate surface area is 124 Å². The van der Waals surface area contributed by atoms with Crippen molar-refractivity contribution in [2.45, 2.75) is 18.2 Å². The van der Waals surface area contributed by atoms with Gasteiger partial charge in [0.25, 0.3) is 0 Å². The van der Waals surface area contributed by atoms with Crippen molar-refractivity contribution in [3.8, 4) is 0 Å². The van der Waals surface area contributed by atoms with E-state index in [0.29, 0.717) is 17.0 Å². The summed E-state index contributed by atoms with van der Waals surface area (Å²) in [5, 5.41) is 1.10. The molecule has 0 radical (unpaired) electrons. The lowest BCUT2D eigenvalue weighted by Crippen LogP contribution is -2.28. The first kappa shape index (κ1) is 16.3. The smallest absolute Gasteiger partial charge is 0.174 e. The summed E-state index contributed by atoms with van der Waals surface area (Å²) in [5.41, 5.74) is 6.77. The van der Waals surface area contributed by atoms with Gasteiger partial charge in [-0.2, -0.15) is 0 Å². The molecule has 0 fully saturated rings. The van der Waals surface area contributed by atoms with Crippen LogP contribution in [-0.2, 0) is 0 Å². The molecule has 6 heteroatoms. The van der Waals surface area contributed by atoms with Crippen LogP contribution < -0.4 is 10.6 Å². The van der Waals surface area contributed by atoms with E-state index in [4.69, 9.17) is 5.73 Å². The number of Topliss-reactive ketones (excluding diaryl/α,β-unsaturated/α-hetero) is 1. The summed E-state index contributed by atoms with van der Waals surface area (Å²) in [6.45, 7) is 3.76. The zero-order valence-corrected chi connectivity index (χ0v) is 14.0. The molecule has 0 spiro atoms. The second kappa shape index (κ2) is 7.17. The van der Waals surface area contributed by atoms with Crippen molar-refractivity contribution >= 4 is 39.6 Å². The molecule has 4 nitrogen and oxygen atoms in total. The number of carbonyl (C=O) groups is 1. The fourth-order valence-electron chi connectivity index (χ4n) is 1.68. The van der Waals surface area contributed by atoms with Gasteiger partial charge < -0.3 is 15.5 Å². The minimum Gasteiger partial charge on any atom is -0.396 e. The highest BCUT2D eigenvalue weighted by atomic mass is 32.2. The maximum atomic E-state index is 11.9. The van der Waals surface area contributed by atoms with Gasteiger partial charge in [0.05, 0.1) is 15.5 Å². The number of likely N-dealkylation sites (N-methyl/N-ethyl adjacent to an activating group) is 2. The Bertz CT molecular complexity index is 443. The largest absolute Gasteiger partial charge is 0.396 e. The maximum Gasteiger partial charge on any atom is 0.174 e. The van der Waals surface area contributed by atoms with E-state index in [2.05, 4.69) is 30.9 Å². The van der Waals surface area contributed by atoms with E-state index < -0.39 is 0 Å². The highest BCUT2D eigenvalue weighted by molar-refractivity contribution is 7.99. The zero-order valence-electron chi connectivity index (χ0n) is 12.3. The van der Waals surface area contributed by atoms with Crippen LogP contribution in [0.3, 0.4) is 0 Å². The van der Waals surface area contributed by atoms with Gasteiger partial charge in [0.2, 0.25) is 0 Å². The van der Waals surface area contributed by atoms with E-state index in [1.54, 1.807) is 11.8 Å². The van der Waals surface area contributed by atoms with E-state index in [9.17, 15) is 4.79 Å². The van der Waals surface area contributed by atoms with Gasteiger partial charge in [-0.3, -0.25) is 4.79 Å². The molecular weight excluding hydrogens is 278 g/mol. The maximum absolute atomic E-state index is 11.9. The summed E-state index contributed by atoms with van der Waals surface area (Å²) in [6, 6.07) is 0. The molecule has 0 bridgehead atoms. The molecule has 2 N–H and O–H groups in total. The van der Waals surface area contributed by atoms with Crippen molar-refractivity contribution in [3.63, 3.8) is 0 Å². The van der Waals surface area contributed by atoms with Crippen molar-refractivity contribution in [3.05, 3.63) is 4.88 Å². The number of thioether (sulfide) groups is 1. The molecule has 108 valence electrons. The number of nitrogens with two attached hydrogens (primary N) is 1. The molecular formula is C13H23N3OS2. The second-order valence-electron chi connectivity index (χ2n) is 4.68. The van der Waals surface area contributed by atoms with Gasteiger partial charge in [-0.1, -0.05) is 6.92 Å². The van der Waals surface area contributed by atoms with Crippen LogP contribution in [0, 0.1) is 0 Å². The molecule has 0 aliphatic carbocycles. The molecule has 0 amide bonds. The molecule has 0 saturated carbocycles. The van der Waals surface area contributed by atoms with Crippen molar-refractivity contribution < 1.29 is 4.79 Å². The second-order valence-corrected chi connectivity index (χ2v) is 6.50. The number of nitrogens with zero attached hydrogens (tertiary/aromatic N) is 2. The van der Waals surface area contributed by atoms with Crippen LogP contribution >= 0.6 is 23.1 Å². The minimum absolute atomic E-state index is 0.130. The standard InChI is InChI=1S/C13H23N3OS2/c1-6-9(17)11-10(14)12(18-5)13(19-11)16(4)8-7-15(2)3/h6-8,14H2,1-5H3. The molecule has 1 heterocycles. The van der Waals surface area contributed by atoms with E-state index in [1.165, 1.54) is 11.3 Å². The summed E-state index contributed by atoms with van der Waals surface area (Å²) in [6.07, 6.45) is 2.50. The van der Waals surface area contributed by atoms with Gasteiger partial charge in [0.1, 0.15) is 5.00 Å². The van der Waals surface area contributed by atoms with Crippen LogP contribution in [-0.4, -0.2) is 51.2 Å². The van der Waals surface area contributed by atoms with Crippen LogP contribution in [0.1, 0.15) is 23.0 Å². The molecule has 0 aromatic carbocycles. The molecule has 1 rings (SSSR count). The van der Waals surface area contributed by atoms with Crippen LogP contribution in [0.25, 0.3) is 0 Å². The number of thiophene rings is 1. The molecule has 1 aromatic heterocycles. The molecule has 0 atom stereocenters. The quantitative estimate of drug-likeness (QED) is 0.620. The van der Waals surface area contributed by atoms with E-state index in [1.807, 2.05) is 13.2 Å². The predicted octanol–water partition coefficient (Wildman–Crippen LogP) is 2.64. The topological polar surface area (TPSA) is 49.6 Å². The van der Waals surface area contributed by atoms with Gasteiger partial charge >= 0.3 is 0 Å². The Morgan fingerprint density at radius 1 is 1.32 bits per heavy atom. The minimum atomic E-state index is 0.130. The van der Waals surface area contributed by atoms with E-state index in [-0.39, 0.29) is 5.78 Å². The highest BCUT2D eigenvalue weighted by Gasteiger charge is 2.21. The first-order valence-electron chi connectivity index (χ1n) is 6.27. The van der Waals surface area contributed by atoms with Crippen molar-refractivity contribution in [2.75, 3.05) is 51.1 Å². The first-order valence-corrected chi connectivity index (χ1v) is 8.31. The fourth-order valence-corrected chi connectivity index (χ4v) is 3.89. The van der Waals surface area contributed by atoms with Gasteiger partial charge in [-0.15, -0.1) is 23.1 Å². The molecule has 0 unspecified atom stereocenters.